The van der Waals surface area contributed by atoms with Gasteiger partial charge in [-0.1, -0.05) is 30.3 Å². The monoisotopic (exact) mass is 245 g/mol. The van der Waals surface area contributed by atoms with Crippen LogP contribution in [0.3, 0.4) is 0 Å². The van der Waals surface area contributed by atoms with E-state index in [1.807, 2.05) is 18.2 Å². The van der Waals surface area contributed by atoms with Crippen LogP contribution in [0, 0.1) is 5.92 Å². The van der Waals surface area contributed by atoms with E-state index >= 15 is 0 Å². The molecule has 1 N–H and O–H groups in total. The number of rotatable bonds is 4. The highest BCUT2D eigenvalue weighted by Crippen LogP contribution is 2.42. The first-order chi connectivity index (χ1) is 8.70. The molecule has 0 radical (unpaired) electrons. The van der Waals surface area contributed by atoms with Crippen LogP contribution in [0.25, 0.3) is 0 Å². The zero-order valence-corrected chi connectivity index (χ0v) is 11.2. The Kier molecular flexibility index (Phi) is 3.16. The van der Waals surface area contributed by atoms with Gasteiger partial charge in [-0.05, 0) is 50.6 Å². The lowest BCUT2D eigenvalue weighted by Crippen LogP contribution is -2.46. The molecule has 0 spiro atoms. The molecule has 2 aliphatic rings. The highest BCUT2D eigenvalue weighted by Gasteiger charge is 2.45. The molecule has 2 heteroatoms. The van der Waals surface area contributed by atoms with Gasteiger partial charge >= 0.3 is 0 Å². The van der Waals surface area contributed by atoms with Crippen molar-refractivity contribution in [1.82, 2.24) is 4.90 Å². The first-order valence-electron chi connectivity index (χ1n) is 7.18. The highest BCUT2D eigenvalue weighted by molar-refractivity contribution is 5.26. The van der Waals surface area contributed by atoms with Gasteiger partial charge in [-0.3, -0.25) is 4.90 Å². The molecule has 1 aromatic rings. The fourth-order valence-corrected chi connectivity index (χ4v) is 3.45. The maximum atomic E-state index is 11.1. The number of aliphatic hydroxyl groups is 1. The third kappa shape index (κ3) is 2.19. The van der Waals surface area contributed by atoms with Gasteiger partial charge in [0, 0.05) is 12.6 Å². The Morgan fingerprint density at radius 2 is 1.94 bits per heavy atom. The normalized spacial score (nSPS) is 32.1. The molecular formula is C16H23NO. The van der Waals surface area contributed by atoms with Crippen molar-refractivity contribution in [2.24, 2.45) is 5.92 Å². The van der Waals surface area contributed by atoms with E-state index in [0.717, 1.165) is 37.3 Å². The highest BCUT2D eigenvalue weighted by atomic mass is 16.3. The minimum atomic E-state index is -0.634. The molecule has 0 aromatic heterocycles. The van der Waals surface area contributed by atoms with Crippen molar-refractivity contribution in [2.75, 3.05) is 13.6 Å². The van der Waals surface area contributed by atoms with Crippen LogP contribution in [0.2, 0.25) is 0 Å². The SMILES string of the molecule is CN(CC1CC1)[C@H]1CCCC1(O)c1ccccc1. The molecule has 0 heterocycles. The summed E-state index contributed by atoms with van der Waals surface area (Å²) in [6.45, 7) is 1.15. The van der Waals surface area contributed by atoms with Crippen molar-refractivity contribution in [3.8, 4) is 0 Å². The molecule has 0 bridgehead atoms. The summed E-state index contributed by atoms with van der Waals surface area (Å²) < 4.78 is 0. The third-order valence-electron chi connectivity index (χ3n) is 4.64. The predicted octanol–water partition coefficient (Wildman–Crippen LogP) is 2.77. The molecular weight excluding hydrogens is 222 g/mol. The fraction of sp³-hybridized carbons (Fsp3) is 0.625. The molecule has 2 nitrogen and oxygen atoms in total. The summed E-state index contributed by atoms with van der Waals surface area (Å²) >= 11 is 0. The zero-order valence-electron chi connectivity index (χ0n) is 11.2. The van der Waals surface area contributed by atoms with Gasteiger partial charge in [0.05, 0.1) is 0 Å². The van der Waals surface area contributed by atoms with Gasteiger partial charge < -0.3 is 5.11 Å². The number of hydrogen-bond donors (Lipinski definition) is 1. The molecule has 0 amide bonds. The van der Waals surface area contributed by atoms with E-state index in [1.54, 1.807) is 0 Å². The topological polar surface area (TPSA) is 23.5 Å². The van der Waals surface area contributed by atoms with Gasteiger partial charge in [-0.25, -0.2) is 0 Å². The smallest absolute Gasteiger partial charge is 0.105 e. The largest absolute Gasteiger partial charge is 0.384 e. The Morgan fingerprint density at radius 3 is 2.61 bits per heavy atom. The second kappa shape index (κ2) is 4.67. The molecule has 3 rings (SSSR count). The fourth-order valence-electron chi connectivity index (χ4n) is 3.45. The van der Waals surface area contributed by atoms with Gasteiger partial charge in [0.1, 0.15) is 5.60 Å². The average Bonchev–Trinajstić information content (AvgIpc) is 3.10. The summed E-state index contributed by atoms with van der Waals surface area (Å²) in [4.78, 5) is 2.40. The summed E-state index contributed by atoms with van der Waals surface area (Å²) in [7, 11) is 2.18. The Hall–Kier alpha value is -0.860. The molecule has 0 aliphatic heterocycles. The number of likely N-dealkylation sites (N-methyl/N-ethyl adjacent to an activating group) is 1. The minimum Gasteiger partial charge on any atom is -0.384 e. The minimum absolute atomic E-state index is 0.292. The lowest BCUT2D eigenvalue weighted by molar-refractivity contribution is -0.0260. The zero-order chi connectivity index (χ0) is 12.6. The van der Waals surface area contributed by atoms with E-state index in [-0.39, 0.29) is 0 Å². The van der Waals surface area contributed by atoms with Gasteiger partial charge in [0.15, 0.2) is 0 Å². The Morgan fingerprint density at radius 1 is 1.22 bits per heavy atom. The third-order valence-corrected chi connectivity index (χ3v) is 4.64. The van der Waals surface area contributed by atoms with Crippen LogP contribution >= 0.6 is 0 Å². The standard InChI is InChI=1S/C16H23NO/c1-17(12-13-9-10-13)15-8-5-11-16(15,18)14-6-3-2-4-7-14/h2-4,6-7,13,15,18H,5,8-12H2,1H3/t15-,16?/m0/s1. The van der Waals surface area contributed by atoms with Crippen molar-refractivity contribution in [1.29, 1.82) is 0 Å². The van der Waals surface area contributed by atoms with Crippen LogP contribution in [0.5, 0.6) is 0 Å². The van der Waals surface area contributed by atoms with E-state index in [2.05, 4.69) is 24.1 Å². The Balaban J connectivity index is 1.80. The summed E-state index contributed by atoms with van der Waals surface area (Å²) in [5.41, 5.74) is 0.459. The van der Waals surface area contributed by atoms with E-state index in [0.29, 0.717) is 6.04 Å². The molecule has 2 atom stereocenters. The molecule has 2 saturated carbocycles. The average molecular weight is 245 g/mol. The summed E-state index contributed by atoms with van der Waals surface area (Å²) in [6.07, 6.45) is 5.90. The van der Waals surface area contributed by atoms with Crippen LogP contribution < -0.4 is 0 Å². The van der Waals surface area contributed by atoms with Crippen molar-refractivity contribution >= 4 is 0 Å². The molecule has 0 saturated heterocycles. The van der Waals surface area contributed by atoms with Crippen molar-refractivity contribution in [3.63, 3.8) is 0 Å². The maximum absolute atomic E-state index is 11.1. The number of nitrogens with zero attached hydrogens (tertiary/aromatic N) is 1. The summed E-state index contributed by atoms with van der Waals surface area (Å²) in [5.74, 6) is 0.885. The van der Waals surface area contributed by atoms with Gasteiger partial charge in [-0.2, -0.15) is 0 Å². The molecule has 1 unspecified atom stereocenters. The summed E-state index contributed by atoms with van der Waals surface area (Å²) in [5, 5.41) is 11.1. The summed E-state index contributed by atoms with van der Waals surface area (Å²) in [6, 6.07) is 10.5. The van der Waals surface area contributed by atoms with E-state index in [9.17, 15) is 5.11 Å². The lowest BCUT2D eigenvalue weighted by atomic mass is 9.88. The second-order valence-corrected chi connectivity index (χ2v) is 6.08. The molecule has 2 aliphatic carbocycles. The van der Waals surface area contributed by atoms with E-state index in [4.69, 9.17) is 0 Å². The van der Waals surface area contributed by atoms with Gasteiger partial charge in [-0.15, -0.1) is 0 Å². The van der Waals surface area contributed by atoms with Crippen LogP contribution in [0.4, 0.5) is 0 Å². The van der Waals surface area contributed by atoms with Crippen LogP contribution in [0.1, 0.15) is 37.7 Å². The van der Waals surface area contributed by atoms with Crippen molar-refractivity contribution in [3.05, 3.63) is 35.9 Å². The number of hydrogen-bond acceptors (Lipinski definition) is 2. The molecule has 18 heavy (non-hydrogen) atoms. The predicted molar refractivity (Wildman–Crippen MR) is 73.3 cm³/mol. The Labute approximate surface area is 110 Å². The van der Waals surface area contributed by atoms with Crippen LogP contribution in [-0.2, 0) is 5.60 Å². The lowest BCUT2D eigenvalue weighted by Gasteiger charge is -2.37. The molecule has 2 fully saturated rings. The quantitative estimate of drug-likeness (QED) is 0.881. The van der Waals surface area contributed by atoms with Gasteiger partial charge in [0.25, 0.3) is 0 Å². The van der Waals surface area contributed by atoms with Crippen LogP contribution in [-0.4, -0.2) is 29.6 Å². The maximum Gasteiger partial charge on any atom is 0.105 e. The van der Waals surface area contributed by atoms with E-state index < -0.39 is 5.60 Å². The number of benzene rings is 1. The van der Waals surface area contributed by atoms with E-state index in [1.165, 1.54) is 12.8 Å². The Bertz CT molecular complexity index is 401. The van der Waals surface area contributed by atoms with Crippen molar-refractivity contribution in [2.45, 2.75) is 43.7 Å². The second-order valence-electron chi connectivity index (χ2n) is 6.08. The molecule has 1 aromatic carbocycles. The first kappa shape index (κ1) is 12.2. The molecule has 98 valence electrons. The first-order valence-corrected chi connectivity index (χ1v) is 7.18. The van der Waals surface area contributed by atoms with Crippen molar-refractivity contribution < 1.29 is 5.11 Å². The van der Waals surface area contributed by atoms with Crippen LogP contribution in [0.15, 0.2) is 30.3 Å². The van der Waals surface area contributed by atoms with Gasteiger partial charge in [0.2, 0.25) is 0 Å².